The molecule has 3 aliphatic carbocycles. The van der Waals surface area contributed by atoms with Crippen molar-refractivity contribution in [2.24, 2.45) is 5.92 Å². The molecule has 2 atom stereocenters. The number of benzene rings is 7. The van der Waals surface area contributed by atoms with E-state index in [1.54, 1.807) is 0 Å². The maximum absolute atomic E-state index is 5.19. The molecule has 0 aliphatic heterocycles. The Kier molecular flexibility index (Phi) is 8.37. The quantitative estimate of drug-likeness (QED) is 0.159. The van der Waals surface area contributed by atoms with Gasteiger partial charge in [0.25, 0.3) is 0 Å². The van der Waals surface area contributed by atoms with E-state index in [0.717, 1.165) is 28.1 Å². The lowest BCUT2D eigenvalue weighted by Gasteiger charge is -2.39. The van der Waals surface area contributed by atoms with E-state index in [4.69, 9.17) is 4.98 Å². The van der Waals surface area contributed by atoms with Crippen molar-refractivity contribution in [3.8, 4) is 67.0 Å². The second-order valence-corrected chi connectivity index (χ2v) is 15.5. The molecule has 1 heterocycles. The minimum atomic E-state index is 0.227. The molecular formula is C57H39N. The Balaban J connectivity index is 0.965. The summed E-state index contributed by atoms with van der Waals surface area (Å²) in [6.07, 6.45) is 14.2. The van der Waals surface area contributed by atoms with E-state index in [9.17, 15) is 0 Å². The van der Waals surface area contributed by atoms with E-state index in [-0.39, 0.29) is 11.8 Å². The average molecular weight is 738 g/mol. The number of nitrogens with zero attached hydrogens (tertiary/aromatic N) is 1. The van der Waals surface area contributed by atoms with Crippen LogP contribution in [0.2, 0.25) is 0 Å². The third-order valence-corrected chi connectivity index (χ3v) is 12.1. The molecule has 0 N–H and O–H groups in total. The number of hydrogen-bond acceptors (Lipinski definition) is 1. The van der Waals surface area contributed by atoms with E-state index in [2.05, 4.69) is 225 Å². The van der Waals surface area contributed by atoms with Gasteiger partial charge in [-0.25, -0.2) is 4.98 Å². The first-order valence-corrected chi connectivity index (χ1v) is 20.2. The molecule has 0 saturated carbocycles. The number of aromatic nitrogens is 1. The molecule has 3 aliphatic rings. The Hall–Kier alpha value is -7.35. The van der Waals surface area contributed by atoms with Crippen LogP contribution in [-0.2, 0) is 0 Å². The third-order valence-electron chi connectivity index (χ3n) is 12.1. The molecule has 0 saturated heterocycles. The number of hydrogen-bond donors (Lipinski definition) is 0. The van der Waals surface area contributed by atoms with Crippen LogP contribution < -0.4 is 0 Å². The van der Waals surface area contributed by atoms with E-state index in [0.29, 0.717) is 0 Å². The molecule has 1 nitrogen and oxygen atoms in total. The van der Waals surface area contributed by atoms with Gasteiger partial charge >= 0.3 is 0 Å². The predicted octanol–water partition coefficient (Wildman–Crippen LogP) is 14.9. The first kappa shape index (κ1) is 33.9. The average Bonchev–Trinajstić information content (AvgIpc) is 3.31. The highest BCUT2D eigenvalue weighted by atomic mass is 14.7. The van der Waals surface area contributed by atoms with Gasteiger partial charge in [-0.3, -0.25) is 0 Å². The fourth-order valence-corrected chi connectivity index (χ4v) is 9.20. The maximum atomic E-state index is 5.19. The smallest absolute Gasteiger partial charge is 0.0715 e. The molecule has 2 unspecified atom stereocenters. The van der Waals surface area contributed by atoms with Crippen LogP contribution in [0, 0.1) is 5.92 Å². The Labute approximate surface area is 340 Å². The summed E-state index contributed by atoms with van der Waals surface area (Å²) in [7, 11) is 0. The highest BCUT2D eigenvalue weighted by Gasteiger charge is 2.37. The lowest BCUT2D eigenvalue weighted by Crippen LogP contribution is -2.23. The van der Waals surface area contributed by atoms with Crippen LogP contribution in [0.1, 0.15) is 28.2 Å². The normalized spacial score (nSPS) is 16.0. The van der Waals surface area contributed by atoms with Crippen LogP contribution in [0.5, 0.6) is 0 Å². The number of pyridine rings is 1. The highest BCUT2D eigenvalue weighted by Crippen LogP contribution is 2.53. The van der Waals surface area contributed by atoms with Crippen molar-refractivity contribution in [1.82, 2.24) is 4.98 Å². The van der Waals surface area contributed by atoms with Gasteiger partial charge in [-0.2, -0.15) is 0 Å². The van der Waals surface area contributed by atoms with E-state index in [1.165, 1.54) is 72.3 Å². The molecular weight excluding hydrogens is 699 g/mol. The lowest BCUT2D eigenvalue weighted by molar-refractivity contribution is 0.681. The molecule has 272 valence electrons. The molecule has 0 amide bonds. The second-order valence-electron chi connectivity index (χ2n) is 15.5. The summed E-state index contributed by atoms with van der Waals surface area (Å²) in [6, 6.07) is 67.8. The molecule has 7 aromatic carbocycles. The van der Waals surface area contributed by atoms with Crippen molar-refractivity contribution >= 4 is 17.7 Å². The van der Waals surface area contributed by atoms with Crippen molar-refractivity contribution in [1.29, 1.82) is 0 Å². The molecule has 58 heavy (non-hydrogen) atoms. The SMILES string of the molecule is C1=Cc2c(-c3ccc(-c4cc(-c5ccccc5)cc(-c5ccccc5)n4)cc3)ccc3c2C2C1=CC=C(c1cc(-c4ccccc4)cc(-c4ccccc4)c1)C2C=C3. The summed E-state index contributed by atoms with van der Waals surface area (Å²) < 4.78 is 0. The molecule has 0 radical (unpaired) electrons. The van der Waals surface area contributed by atoms with E-state index in [1.807, 2.05) is 0 Å². The minimum Gasteiger partial charge on any atom is -0.248 e. The Bertz CT molecular complexity index is 2840. The number of rotatable bonds is 7. The Morgan fingerprint density at radius 3 is 1.45 bits per heavy atom. The van der Waals surface area contributed by atoms with Gasteiger partial charge < -0.3 is 0 Å². The van der Waals surface area contributed by atoms with Crippen LogP contribution in [0.15, 0.2) is 218 Å². The largest absolute Gasteiger partial charge is 0.248 e. The van der Waals surface area contributed by atoms with Crippen LogP contribution in [0.3, 0.4) is 0 Å². The Morgan fingerprint density at radius 2 is 0.862 bits per heavy atom. The third kappa shape index (κ3) is 6.09. The molecule has 11 rings (SSSR count). The maximum Gasteiger partial charge on any atom is 0.0715 e. The summed E-state index contributed by atoms with van der Waals surface area (Å²) in [6.45, 7) is 0. The molecule has 1 heteroatoms. The monoisotopic (exact) mass is 737 g/mol. The second kappa shape index (κ2) is 14.3. The Morgan fingerprint density at radius 1 is 0.362 bits per heavy atom. The zero-order chi connectivity index (χ0) is 38.4. The van der Waals surface area contributed by atoms with Gasteiger partial charge in [-0.15, -0.1) is 0 Å². The minimum absolute atomic E-state index is 0.227. The van der Waals surface area contributed by atoms with Crippen molar-refractivity contribution in [3.05, 3.63) is 240 Å². The summed E-state index contributed by atoms with van der Waals surface area (Å²) in [5, 5.41) is 0. The molecule has 1 aromatic heterocycles. The highest BCUT2D eigenvalue weighted by molar-refractivity contribution is 5.90. The number of allylic oxidation sites excluding steroid dienone is 6. The van der Waals surface area contributed by atoms with Crippen molar-refractivity contribution in [3.63, 3.8) is 0 Å². The van der Waals surface area contributed by atoms with Gasteiger partial charge in [0.05, 0.1) is 11.4 Å². The fraction of sp³-hybridized carbons (Fsp3) is 0.0351. The van der Waals surface area contributed by atoms with Gasteiger partial charge in [0.2, 0.25) is 0 Å². The first-order valence-electron chi connectivity index (χ1n) is 20.2. The predicted molar refractivity (Wildman–Crippen MR) is 244 cm³/mol. The van der Waals surface area contributed by atoms with E-state index >= 15 is 0 Å². The molecule has 8 aromatic rings. The summed E-state index contributed by atoms with van der Waals surface area (Å²) >= 11 is 0. The van der Waals surface area contributed by atoms with Crippen molar-refractivity contribution in [2.45, 2.75) is 5.92 Å². The summed E-state index contributed by atoms with van der Waals surface area (Å²) in [5.41, 5.74) is 22.0. The van der Waals surface area contributed by atoms with Gasteiger partial charge in [0.15, 0.2) is 0 Å². The van der Waals surface area contributed by atoms with Gasteiger partial charge in [-0.05, 0) is 108 Å². The van der Waals surface area contributed by atoms with Gasteiger partial charge in [0.1, 0.15) is 0 Å². The van der Waals surface area contributed by atoms with Gasteiger partial charge in [0, 0.05) is 23.0 Å². The van der Waals surface area contributed by atoms with Crippen LogP contribution in [-0.4, -0.2) is 4.98 Å². The summed E-state index contributed by atoms with van der Waals surface area (Å²) in [4.78, 5) is 5.19. The molecule has 0 fully saturated rings. The van der Waals surface area contributed by atoms with Gasteiger partial charge in [-0.1, -0.05) is 194 Å². The zero-order valence-electron chi connectivity index (χ0n) is 32.0. The van der Waals surface area contributed by atoms with Crippen LogP contribution in [0.4, 0.5) is 0 Å². The standard InChI is InChI=1S/C57H39N/c1-5-13-38(14-6-1)46-33-47(39-15-7-2-8-16-39)35-49(34-46)51-30-26-45-27-31-52-50(29-25-44-28-32-53(51)57(45)56(44)52)41-21-23-43(24-22-41)55-37-48(40-17-9-3-10-18-40)36-54(58-55)42-19-11-4-12-20-42/h1-37,53,57H. The van der Waals surface area contributed by atoms with Crippen molar-refractivity contribution in [2.75, 3.05) is 0 Å². The molecule has 0 bridgehead atoms. The summed E-state index contributed by atoms with van der Waals surface area (Å²) in [5.74, 6) is 0.478. The fourth-order valence-electron chi connectivity index (χ4n) is 9.20. The first-order chi connectivity index (χ1) is 28.7. The van der Waals surface area contributed by atoms with Crippen LogP contribution >= 0.6 is 0 Å². The van der Waals surface area contributed by atoms with Crippen LogP contribution in [0.25, 0.3) is 84.7 Å². The van der Waals surface area contributed by atoms with E-state index < -0.39 is 0 Å². The zero-order valence-corrected chi connectivity index (χ0v) is 32.0. The lowest BCUT2D eigenvalue weighted by atomic mass is 9.64. The topological polar surface area (TPSA) is 12.9 Å². The van der Waals surface area contributed by atoms with Crippen molar-refractivity contribution < 1.29 is 0 Å². The molecule has 0 spiro atoms.